The van der Waals surface area contributed by atoms with Gasteiger partial charge in [0.15, 0.2) is 11.3 Å². The van der Waals surface area contributed by atoms with E-state index in [1.807, 2.05) is 29.2 Å². The lowest BCUT2D eigenvalue weighted by Crippen LogP contribution is -2.16. The van der Waals surface area contributed by atoms with Crippen molar-refractivity contribution >= 4 is 34.3 Å². The average Bonchev–Trinajstić information content (AvgIpc) is 3.31. The highest BCUT2D eigenvalue weighted by Crippen LogP contribution is 2.46. The van der Waals surface area contributed by atoms with Crippen LogP contribution in [0.5, 0.6) is 17.2 Å². The summed E-state index contributed by atoms with van der Waals surface area (Å²) in [5, 5.41) is 14.6. The molecule has 0 saturated carbocycles. The van der Waals surface area contributed by atoms with Crippen LogP contribution in [-0.4, -0.2) is 31.3 Å². The van der Waals surface area contributed by atoms with E-state index in [1.165, 1.54) is 26.7 Å². The van der Waals surface area contributed by atoms with Crippen molar-refractivity contribution in [3.8, 4) is 17.2 Å². The van der Waals surface area contributed by atoms with Crippen LogP contribution in [0.2, 0.25) is 0 Å². The number of aliphatic imine (C=N–C) groups is 1. The number of methoxy groups -OCH3 is 2. The minimum Gasteiger partial charge on any atom is -0.504 e. The fourth-order valence-electron chi connectivity index (χ4n) is 3.71. The molecule has 2 aliphatic heterocycles. The monoisotopic (exact) mass is 403 g/mol. The summed E-state index contributed by atoms with van der Waals surface area (Å²) in [5.41, 5.74) is 2.33. The number of furan rings is 1. The van der Waals surface area contributed by atoms with Gasteiger partial charge in [-0.15, -0.1) is 0 Å². The number of phenols is 1. The summed E-state index contributed by atoms with van der Waals surface area (Å²) in [7, 11) is 2.83. The highest BCUT2D eigenvalue weighted by atomic mass is 16.5. The largest absolute Gasteiger partial charge is 0.504 e. The van der Waals surface area contributed by atoms with E-state index in [9.17, 15) is 9.90 Å². The van der Waals surface area contributed by atoms with E-state index in [4.69, 9.17) is 13.9 Å². The Morgan fingerprint density at radius 2 is 1.97 bits per heavy atom. The van der Waals surface area contributed by atoms with Gasteiger partial charge in [0.05, 0.1) is 49.0 Å². The molecule has 0 bridgehead atoms. The number of rotatable bonds is 4. The van der Waals surface area contributed by atoms with Crippen LogP contribution >= 0.6 is 0 Å². The van der Waals surface area contributed by atoms with Crippen molar-refractivity contribution in [1.29, 1.82) is 0 Å². The van der Waals surface area contributed by atoms with Gasteiger partial charge < -0.3 is 24.3 Å². The number of hydrogen-bond donors (Lipinski definition) is 2. The van der Waals surface area contributed by atoms with Crippen molar-refractivity contribution in [2.24, 2.45) is 4.99 Å². The molecule has 0 spiro atoms. The maximum absolute atomic E-state index is 13.5. The number of nitrogens with zero attached hydrogens (tertiary/aromatic N) is 2. The number of carbonyl (C=O) groups excluding carboxylic acids is 1. The zero-order valence-electron chi connectivity index (χ0n) is 16.2. The zero-order valence-corrected chi connectivity index (χ0v) is 16.2. The number of fused-ring (bicyclic) bond motifs is 4. The van der Waals surface area contributed by atoms with Gasteiger partial charge in [-0.1, -0.05) is 12.1 Å². The minimum atomic E-state index is -0.464. The molecule has 2 aromatic carbocycles. The predicted octanol–water partition coefficient (Wildman–Crippen LogP) is 4.04. The van der Waals surface area contributed by atoms with Crippen molar-refractivity contribution in [2.45, 2.75) is 0 Å². The molecule has 0 fully saturated rings. The highest BCUT2D eigenvalue weighted by molar-refractivity contribution is 6.25. The Morgan fingerprint density at radius 3 is 2.77 bits per heavy atom. The lowest BCUT2D eigenvalue weighted by Gasteiger charge is -2.16. The Labute approximate surface area is 171 Å². The van der Waals surface area contributed by atoms with Crippen molar-refractivity contribution in [3.05, 3.63) is 66.0 Å². The first kappa shape index (κ1) is 17.9. The number of benzene rings is 2. The number of carbonyl (C=O) groups is 1. The van der Waals surface area contributed by atoms with Gasteiger partial charge in [-0.3, -0.25) is 14.7 Å². The van der Waals surface area contributed by atoms with Crippen LogP contribution in [0.25, 0.3) is 11.0 Å². The lowest BCUT2D eigenvalue weighted by molar-refractivity contribution is 0.103. The topological polar surface area (TPSA) is 96.5 Å². The third kappa shape index (κ3) is 2.47. The van der Waals surface area contributed by atoms with Gasteiger partial charge in [-0.05, 0) is 18.2 Å². The number of ether oxygens (including phenoxy) is 2. The number of anilines is 2. The number of nitrogens with one attached hydrogen (secondary N) is 1. The van der Waals surface area contributed by atoms with E-state index in [1.54, 1.807) is 18.5 Å². The summed E-state index contributed by atoms with van der Waals surface area (Å²) >= 11 is 0. The van der Waals surface area contributed by atoms with Gasteiger partial charge in [-0.2, -0.15) is 0 Å². The maximum Gasteiger partial charge on any atom is 0.205 e. The molecule has 0 unspecified atom stereocenters. The first-order valence-electron chi connectivity index (χ1n) is 9.13. The van der Waals surface area contributed by atoms with Gasteiger partial charge in [0.25, 0.3) is 0 Å². The molecule has 0 aliphatic carbocycles. The molecule has 30 heavy (non-hydrogen) atoms. The molecule has 3 aromatic rings. The standard InChI is InChI=1S/C22H17N3O5/c1-28-20-13-7-8-30-21(13)22(29-2)19(27)17(20)18(26)12-9-23-10-16-24-14-5-3-4-6-15(14)25(16)11-12/h3-11,24,27H,1-2H3. The number of ketones is 1. The fraction of sp³-hybridized carbons (Fsp3) is 0.0909. The average molecular weight is 403 g/mol. The predicted molar refractivity (Wildman–Crippen MR) is 113 cm³/mol. The van der Waals surface area contributed by atoms with Crippen LogP contribution in [0.1, 0.15) is 10.4 Å². The SMILES string of the molecule is COc1c(C(=O)C2=CN3C(=CN=C2)Nc2ccccc23)c(O)c(OC)c2occc12. The number of aromatic hydroxyl groups is 1. The van der Waals surface area contributed by atoms with E-state index in [0.717, 1.165) is 11.4 Å². The molecule has 8 heteroatoms. The molecule has 0 radical (unpaired) electrons. The molecule has 3 heterocycles. The van der Waals surface area contributed by atoms with E-state index in [-0.39, 0.29) is 28.4 Å². The highest BCUT2D eigenvalue weighted by Gasteiger charge is 2.31. The second kappa shape index (κ2) is 6.70. The molecule has 0 atom stereocenters. The number of para-hydroxylation sites is 2. The zero-order chi connectivity index (χ0) is 20.8. The molecule has 0 amide bonds. The second-order valence-electron chi connectivity index (χ2n) is 6.67. The Kier molecular flexibility index (Phi) is 3.99. The van der Waals surface area contributed by atoms with Gasteiger partial charge in [-0.25, -0.2) is 0 Å². The van der Waals surface area contributed by atoms with E-state index in [0.29, 0.717) is 16.8 Å². The molecule has 2 aliphatic rings. The molecular weight excluding hydrogens is 386 g/mol. The van der Waals surface area contributed by atoms with Crippen molar-refractivity contribution < 1.29 is 23.8 Å². The Morgan fingerprint density at radius 1 is 1.17 bits per heavy atom. The summed E-state index contributed by atoms with van der Waals surface area (Å²) in [6.07, 6.45) is 6.20. The number of allylic oxidation sites excluding steroid dienone is 1. The normalized spacial score (nSPS) is 14.4. The van der Waals surface area contributed by atoms with E-state index < -0.39 is 5.78 Å². The van der Waals surface area contributed by atoms with Crippen LogP contribution in [0, 0.1) is 0 Å². The van der Waals surface area contributed by atoms with Crippen molar-refractivity contribution in [1.82, 2.24) is 0 Å². The summed E-state index contributed by atoms with van der Waals surface area (Å²) in [6.45, 7) is 0. The summed E-state index contributed by atoms with van der Waals surface area (Å²) in [4.78, 5) is 19.6. The van der Waals surface area contributed by atoms with Crippen molar-refractivity contribution in [2.75, 3.05) is 24.4 Å². The molecular formula is C22H17N3O5. The maximum atomic E-state index is 13.5. The number of phenolic OH excluding ortho intramolecular Hbond substituents is 1. The van der Waals surface area contributed by atoms with Gasteiger partial charge in [0.1, 0.15) is 17.1 Å². The van der Waals surface area contributed by atoms with Gasteiger partial charge >= 0.3 is 0 Å². The Balaban J connectivity index is 1.67. The van der Waals surface area contributed by atoms with E-state index in [2.05, 4.69) is 10.3 Å². The van der Waals surface area contributed by atoms with Crippen LogP contribution in [-0.2, 0) is 0 Å². The van der Waals surface area contributed by atoms with Crippen LogP contribution in [0.3, 0.4) is 0 Å². The molecule has 5 rings (SSSR count). The first-order valence-corrected chi connectivity index (χ1v) is 9.13. The number of hydrogen-bond acceptors (Lipinski definition) is 8. The lowest BCUT2D eigenvalue weighted by atomic mass is 9.99. The van der Waals surface area contributed by atoms with Crippen LogP contribution in [0.4, 0.5) is 11.4 Å². The smallest absolute Gasteiger partial charge is 0.205 e. The molecule has 150 valence electrons. The van der Waals surface area contributed by atoms with Crippen LogP contribution < -0.4 is 19.7 Å². The molecule has 0 saturated heterocycles. The van der Waals surface area contributed by atoms with Gasteiger partial charge in [0.2, 0.25) is 11.5 Å². The van der Waals surface area contributed by atoms with Crippen molar-refractivity contribution in [3.63, 3.8) is 0 Å². The fourth-order valence-corrected chi connectivity index (χ4v) is 3.71. The quantitative estimate of drug-likeness (QED) is 0.635. The Hall–Kier alpha value is -4.20. The van der Waals surface area contributed by atoms with Crippen LogP contribution in [0.15, 0.2) is 69.8 Å². The van der Waals surface area contributed by atoms with E-state index >= 15 is 0 Å². The minimum absolute atomic E-state index is 0.0233. The first-order chi connectivity index (χ1) is 14.6. The third-order valence-corrected chi connectivity index (χ3v) is 5.06. The number of Topliss-reactive ketones (excluding diaryl/α,β-unsaturated/α-hetero) is 1. The summed E-state index contributed by atoms with van der Waals surface area (Å²) in [6, 6.07) is 9.37. The third-order valence-electron chi connectivity index (χ3n) is 5.06. The summed E-state index contributed by atoms with van der Waals surface area (Å²) in [5.74, 6) is 0.169. The Bertz CT molecular complexity index is 1290. The second-order valence-corrected chi connectivity index (χ2v) is 6.67. The van der Waals surface area contributed by atoms with Gasteiger partial charge in [0, 0.05) is 12.4 Å². The molecule has 2 N–H and O–H groups in total. The summed E-state index contributed by atoms with van der Waals surface area (Å²) < 4.78 is 16.2. The molecule has 1 aromatic heterocycles. The molecule has 8 nitrogen and oxygen atoms in total.